The lowest BCUT2D eigenvalue weighted by Gasteiger charge is -2.32. The highest BCUT2D eigenvalue weighted by atomic mass is 16.4. The number of rotatable bonds is 3. The topological polar surface area (TPSA) is 104 Å². The first-order chi connectivity index (χ1) is 9.58. The smallest absolute Gasteiger partial charge is 0.315 e. The molecule has 2 amide bonds. The van der Waals surface area contributed by atoms with Crippen LogP contribution in [-0.2, 0) is 4.79 Å². The molecule has 2 rings (SSSR count). The largest absolute Gasteiger partial charge is 0.481 e. The van der Waals surface area contributed by atoms with Gasteiger partial charge in [-0.2, -0.15) is 0 Å². The molecule has 0 spiro atoms. The number of urea groups is 1. The Kier molecular flexibility index (Phi) is 5.23. The van der Waals surface area contributed by atoms with Gasteiger partial charge in [0.1, 0.15) is 0 Å². The molecule has 4 atom stereocenters. The van der Waals surface area contributed by atoms with E-state index in [4.69, 9.17) is 5.73 Å². The van der Waals surface area contributed by atoms with E-state index in [1.165, 1.54) is 0 Å². The van der Waals surface area contributed by atoms with E-state index in [1.54, 1.807) is 0 Å². The molecule has 0 bridgehead atoms. The van der Waals surface area contributed by atoms with Crippen LogP contribution in [0, 0.1) is 5.92 Å². The molecule has 0 aliphatic heterocycles. The SMILES string of the molecule is NC1CCCCC1NC(=O)NC1CCCCC1C(=O)O. The molecule has 0 aromatic heterocycles. The number of nitrogens with two attached hydrogens (primary N) is 1. The molecule has 20 heavy (non-hydrogen) atoms. The van der Waals surface area contributed by atoms with E-state index < -0.39 is 11.9 Å². The Balaban J connectivity index is 1.84. The van der Waals surface area contributed by atoms with E-state index in [0.717, 1.165) is 44.9 Å². The lowest BCUT2D eigenvalue weighted by molar-refractivity contribution is -0.143. The van der Waals surface area contributed by atoms with Gasteiger partial charge in [0.2, 0.25) is 0 Å². The van der Waals surface area contributed by atoms with Gasteiger partial charge in [-0.1, -0.05) is 25.7 Å². The first kappa shape index (κ1) is 15.1. The summed E-state index contributed by atoms with van der Waals surface area (Å²) in [6.07, 6.45) is 7.31. The van der Waals surface area contributed by atoms with Crippen molar-refractivity contribution in [3.05, 3.63) is 0 Å². The molecule has 114 valence electrons. The third kappa shape index (κ3) is 3.85. The quantitative estimate of drug-likeness (QED) is 0.624. The minimum Gasteiger partial charge on any atom is -0.481 e. The summed E-state index contributed by atoms with van der Waals surface area (Å²) in [5, 5.41) is 14.9. The minimum atomic E-state index is -0.815. The van der Waals surface area contributed by atoms with Crippen LogP contribution in [-0.4, -0.2) is 35.2 Å². The molecule has 6 heteroatoms. The summed E-state index contributed by atoms with van der Waals surface area (Å²) in [6.45, 7) is 0. The number of carbonyl (C=O) groups is 2. The molecule has 6 nitrogen and oxygen atoms in total. The summed E-state index contributed by atoms with van der Waals surface area (Å²) in [5.74, 6) is -1.28. The van der Waals surface area contributed by atoms with Gasteiger partial charge in [-0.3, -0.25) is 4.79 Å². The number of hydrogen-bond acceptors (Lipinski definition) is 3. The second kappa shape index (κ2) is 6.92. The molecular formula is C14H25N3O3. The van der Waals surface area contributed by atoms with E-state index in [9.17, 15) is 14.7 Å². The Morgan fingerprint density at radius 2 is 1.45 bits per heavy atom. The Labute approximate surface area is 119 Å². The number of amides is 2. The first-order valence-corrected chi connectivity index (χ1v) is 7.63. The summed E-state index contributed by atoms with van der Waals surface area (Å²) >= 11 is 0. The van der Waals surface area contributed by atoms with Gasteiger partial charge in [0.25, 0.3) is 0 Å². The molecule has 0 aromatic rings. The molecule has 2 saturated carbocycles. The van der Waals surface area contributed by atoms with E-state index in [0.29, 0.717) is 6.42 Å². The van der Waals surface area contributed by atoms with Gasteiger partial charge in [-0.25, -0.2) is 4.79 Å². The van der Waals surface area contributed by atoms with Crippen LogP contribution < -0.4 is 16.4 Å². The number of carboxylic acids is 1. The van der Waals surface area contributed by atoms with Crippen LogP contribution in [0.3, 0.4) is 0 Å². The molecule has 2 fully saturated rings. The van der Waals surface area contributed by atoms with Gasteiger partial charge in [0.15, 0.2) is 0 Å². The summed E-state index contributed by atoms with van der Waals surface area (Å²) in [7, 11) is 0. The van der Waals surface area contributed by atoms with Crippen molar-refractivity contribution in [3.8, 4) is 0 Å². The first-order valence-electron chi connectivity index (χ1n) is 7.63. The zero-order valence-corrected chi connectivity index (χ0v) is 11.8. The Bertz CT molecular complexity index is 362. The Hall–Kier alpha value is -1.30. The van der Waals surface area contributed by atoms with Crippen LogP contribution in [0.1, 0.15) is 51.4 Å². The lowest BCUT2D eigenvalue weighted by atomic mass is 9.84. The maximum Gasteiger partial charge on any atom is 0.315 e. The molecule has 0 heterocycles. The van der Waals surface area contributed by atoms with Crippen LogP contribution in [0.5, 0.6) is 0 Å². The van der Waals surface area contributed by atoms with Gasteiger partial charge in [0, 0.05) is 18.1 Å². The predicted molar refractivity (Wildman–Crippen MR) is 75.3 cm³/mol. The third-order valence-electron chi connectivity index (χ3n) is 4.54. The number of nitrogens with one attached hydrogen (secondary N) is 2. The van der Waals surface area contributed by atoms with Crippen molar-refractivity contribution in [2.75, 3.05) is 0 Å². The van der Waals surface area contributed by atoms with Gasteiger partial charge in [-0.15, -0.1) is 0 Å². The number of carbonyl (C=O) groups excluding carboxylic acids is 1. The van der Waals surface area contributed by atoms with Gasteiger partial charge < -0.3 is 21.5 Å². The Morgan fingerprint density at radius 3 is 2.10 bits per heavy atom. The van der Waals surface area contributed by atoms with Crippen LogP contribution >= 0.6 is 0 Å². The van der Waals surface area contributed by atoms with Crippen molar-refractivity contribution in [1.29, 1.82) is 0 Å². The zero-order chi connectivity index (χ0) is 14.5. The molecule has 2 aliphatic carbocycles. The van der Waals surface area contributed by atoms with Crippen molar-refractivity contribution in [2.24, 2.45) is 11.7 Å². The average Bonchev–Trinajstić information content (AvgIpc) is 2.41. The van der Waals surface area contributed by atoms with Crippen molar-refractivity contribution in [2.45, 2.75) is 69.5 Å². The molecule has 2 aliphatic rings. The summed E-state index contributed by atoms with van der Waals surface area (Å²) in [5.41, 5.74) is 6.00. The second-order valence-corrected chi connectivity index (χ2v) is 6.01. The van der Waals surface area contributed by atoms with Crippen molar-refractivity contribution < 1.29 is 14.7 Å². The van der Waals surface area contributed by atoms with E-state index >= 15 is 0 Å². The normalized spacial score (nSPS) is 34.2. The van der Waals surface area contributed by atoms with Crippen molar-refractivity contribution >= 4 is 12.0 Å². The van der Waals surface area contributed by atoms with Crippen LogP contribution in [0.4, 0.5) is 4.79 Å². The molecule has 0 saturated heterocycles. The van der Waals surface area contributed by atoms with Crippen LogP contribution in [0.25, 0.3) is 0 Å². The minimum absolute atomic E-state index is 0.00983. The monoisotopic (exact) mass is 283 g/mol. The highest BCUT2D eigenvalue weighted by molar-refractivity contribution is 5.77. The molecule has 0 radical (unpaired) electrons. The molecular weight excluding hydrogens is 258 g/mol. The zero-order valence-electron chi connectivity index (χ0n) is 11.8. The van der Waals surface area contributed by atoms with Crippen molar-refractivity contribution in [1.82, 2.24) is 10.6 Å². The molecule has 4 unspecified atom stereocenters. The van der Waals surface area contributed by atoms with Gasteiger partial charge in [-0.05, 0) is 25.7 Å². The summed E-state index contributed by atoms with van der Waals surface area (Å²) < 4.78 is 0. The summed E-state index contributed by atoms with van der Waals surface area (Å²) in [6, 6.07) is -0.515. The fraction of sp³-hybridized carbons (Fsp3) is 0.857. The third-order valence-corrected chi connectivity index (χ3v) is 4.54. The molecule has 0 aromatic carbocycles. The predicted octanol–water partition coefficient (Wildman–Crippen LogP) is 1.20. The maximum atomic E-state index is 12.0. The summed E-state index contributed by atoms with van der Waals surface area (Å²) in [4.78, 5) is 23.2. The van der Waals surface area contributed by atoms with Crippen LogP contribution in [0.15, 0.2) is 0 Å². The average molecular weight is 283 g/mol. The fourth-order valence-corrected chi connectivity index (χ4v) is 3.32. The number of carboxylic acid groups (broad SMARTS) is 1. The standard InChI is InChI=1S/C14H25N3O3/c15-10-6-2-4-8-12(10)17-14(20)16-11-7-3-1-5-9(11)13(18)19/h9-12H,1-8,15H2,(H,18,19)(H2,16,17,20). The van der Waals surface area contributed by atoms with Gasteiger partial charge >= 0.3 is 12.0 Å². The molecule has 5 N–H and O–H groups in total. The highest BCUT2D eigenvalue weighted by Crippen LogP contribution is 2.24. The second-order valence-electron chi connectivity index (χ2n) is 6.01. The number of hydrogen-bond donors (Lipinski definition) is 4. The van der Waals surface area contributed by atoms with E-state index in [-0.39, 0.29) is 24.2 Å². The number of aliphatic carboxylic acids is 1. The fourth-order valence-electron chi connectivity index (χ4n) is 3.32. The van der Waals surface area contributed by atoms with Crippen molar-refractivity contribution in [3.63, 3.8) is 0 Å². The Morgan fingerprint density at radius 1 is 0.900 bits per heavy atom. The van der Waals surface area contributed by atoms with Gasteiger partial charge in [0.05, 0.1) is 5.92 Å². The maximum absolute atomic E-state index is 12.0. The van der Waals surface area contributed by atoms with E-state index in [1.807, 2.05) is 0 Å². The van der Waals surface area contributed by atoms with E-state index in [2.05, 4.69) is 10.6 Å². The van der Waals surface area contributed by atoms with Crippen LogP contribution in [0.2, 0.25) is 0 Å². The lowest BCUT2D eigenvalue weighted by Crippen LogP contribution is -2.55. The highest BCUT2D eigenvalue weighted by Gasteiger charge is 2.32.